The molecule has 1 aliphatic rings. The molecule has 0 aromatic rings. The number of likely N-dealkylation sites (tertiary alicyclic amines) is 1. The lowest BCUT2D eigenvalue weighted by molar-refractivity contribution is -0.150. The van der Waals surface area contributed by atoms with Crippen LogP contribution in [0.15, 0.2) is 0 Å². The minimum atomic E-state index is -1.12. The fourth-order valence-corrected chi connectivity index (χ4v) is 3.57. The van der Waals surface area contributed by atoms with E-state index in [1.807, 2.05) is 13.8 Å². The Morgan fingerprint density at radius 1 is 1.09 bits per heavy atom. The average molecular weight is 456 g/mol. The summed E-state index contributed by atoms with van der Waals surface area (Å²) in [7, 11) is 0. The molecule has 0 saturated carbocycles. The van der Waals surface area contributed by atoms with Crippen LogP contribution >= 0.6 is 0 Å². The van der Waals surface area contributed by atoms with E-state index in [9.17, 15) is 29.1 Å². The molecule has 5 atom stereocenters. The Morgan fingerprint density at radius 2 is 1.72 bits per heavy atom. The summed E-state index contributed by atoms with van der Waals surface area (Å²) in [6, 6.07) is -3.88. The van der Waals surface area contributed by atoms with E-state index < -0.39 is 53.8 Å². The number of aliphatic carboxylic acids is 1. The monoisotopic (exact) mass is 455 g/mol. The molecule has 0 bridgehead atoms. The van der Waals surface area contributed by atoms with Crippen molar-refractivity contribution in [2.24, 2.45) is 23.3 Å². The lowest BCUT2D eigenvalue weighted by Gasteiger charge is -2.31. The fraction of sp³-hybridized carbons (Fsp3) is 0.762. The van der Waals surface area contributed by atoms with Gasteiger partial charge in [-0.15, -0.1) is 0 Å². The topological polar surface area (TPSA) is 185 Å². The van der Waals surface area contributed by atoms with Gasteiger partial charge in [0, 0.05) is 13.0 Å². The van der Waals surface area contributed by atoms with Crippen LogP contribution in [-0.4, -0.2) is 70.3 Å². The molecule has 7 N–H and O–H groups in total. The standard InChI is InChI=1S/C21H37N5O6/c1-5-12(4)16(23)19(29)24-13(8-9-15(22)27)18(28)25-17(11(2)3)20(30)26-10-6-7-14(26)21(31)32/h11-14,16-17H,5-10,23H2,1-4H3,(H2,22,27)(H,24,29)(H,25,28)(H,31,32). The van der Waals surface area contributed by atoms with Crippen molar-refractivity contribution >= 4 is 29.6 Å². The van der Waals surface area contributed by atoms with Crippen LogP contribution < -0.4 is 22.1 Å². The van der Waals surface area contributed by atoms with Gasteiger partial charge in [0.15, 0.2) is 0 Å². The predicted molar refractivity (Wildman–Crippen MR) is 117 cm³/mol. The fourth-order valence-electron chi connectivity index (χ4n) is 3.57. The molecule has 0 aromatic heterocycles. The molecule has 11 heteroatoms. The molecule has 1 heterocycles. The number of carboxylic acid groups (broad SMARTS) is 1. The number of hydrogen-bond donors (Lipinski definition) is 5. The molecule has 1 saturated heterocycles. The van der Waals surface area contributed by atoms with E-state index in [2.05, 4.69) is 10.6 Å². The maximum Gasteiger partial charge on any atom is 0.326 e. The molecule has 32 heavy (non-hydrogen) atoms. The van der Waals surface area contributed by atoms with Gasteiger partial charge in [0.05, 0.1) is 6.04 Å². The van der Waals surface area contributed by atoms with E-state index >= 15 is 0 Å². The van der Waals surface area contributed by atoms with E-state index in [4.69, 9.17) is 11.5 Å². The first-order valence-electron chi connectivity index (χ1n) is 11.1. The molecule has 1 aliphatic heterocycles. The Kier molecular flexibility index (Phi) is 10.6. The number of rotatable bonds is 12. The number of amides is 4. The van der Waals surface area contributed by atoms with Gasteiger partial charge in [0.2, 0.25) is 23.6 Å². The predicted octanol–water partition coefficient (Wildman–Crippen LogP) is -0.673. The zero-order chi connectivity index (χ0) is 24.6. The third kappa shape index (κ3) is 7.47. The summed E-state index contributed by atoms with van der Waals surface area (Å²) in [5.41, 5.74) is 11.1. The molecular weight excluding hydrogens is 418 g/mol. The van der Waals surface area contributed by atoms with Crippen LogP contribution in [0.4, 0.5) is 0 Å². The van der Waals surface area contributed by atoms with Crippen molar-refractivity contribution in [2.75, 3.05) is 6.54 Å². The van der Waals surface area contributed by atoms with Crippen molar-refractivity contribution in [2.45, 2.75) is 84.0 Å². The van der Waals surface area contributed by atoms with Gasteiger partial charge in [0.1, 0.15) is 18.1 Å². The highest BCUT2D eigenvalue weighted by molar-refractivity contribution is 5.94. The van der Waals surface area contributed by atoms with E-state index in [1.54, 1.807) is 13.8 Å². The second kappa shape index (κ2) is 12.4. The van der Waals surface area contributed by atoms with Crippen LogP contribution in [0, 0.1) is 11.8 Å². The quantitative estimate of drug-likeness (QED) is 0.258. The van der Waals surface area contributed by atoms with Crippen LogP contribution in [0.1, 0.15) is 59.8 Å². The van der Waals surface area contributed by atoms with Gasteiger partial charge in [-0.2, -0.15) is 0 Å². The van der Waals surface area contributed by atoms with E-state index in [0.717, 1.165) is 0 Å². The second-order valence-electron chi connectivity index (χ2n) is 8.74. The van der Waals surface area contributed by atoms with E-state index in [-0.39, 0.29) is 24.7 Å². The number of nitrogens with zero attached hydrogens (tertiary/aromatic N) is 1. The molecule has 0 aromatic carbocycles. The van der Waals surface area contributed by atoms with Crippen molar-refractivity contribution in [3.63, 3.8) is 0 Å². The SMILES string of the molecule is CCC(C)C(N)C(=O)NC(CCC(N)=O)C(=O)NC(C(=O)N1CCCC1C(=O)O)C(C)C. The number of nitrogens with two attached hydrogens (primary N) is 2. The Labute approximate surface area is 188 Å². The van der Waals surface area contributed by atoms with Crippen molar-refractivity contribution in [3.05, 3.63) is 0 Å². The maximum absolute atomic E-state index is 13.1. The van der Waals surface area contributed by atoms with Crippen molar-refractivity contribution in [3.8, 4) is 0 Å². The van der Waals surface area contributed by atoms with Gasteiger partial charge in [-0.1, -0.05) is 34.1 Å². The summed E-state index contributed by atoms with van der Waals surface area (Å²) in [4.78, 5) is 62.5. The van der Waals surface area contributed by atoms with Gasteiger partial charge in [-0.25, -0.2) is 4.79 Å². The molecule has 0 spiro atoms. The summed E-state index contributed by atoms with van der Waals surface area (Å²) in [5, 5.41) is 14.6. The summed E-state index contributed by atoms with van der Waals surface area (Å²) in [6.07, 6.45) is 1.37. The Bertz CT molecular complexity index is 713. The Hall–Kier alpha value is -2.69. The third-order valence-electron chi connectivity index (χ3n) is 5.92. The van der Waals surface area contributed by atoms with Crippen molar-refractivity contribution in [1.82, 2.24) is 15.5 Å². The molecule has 4 amide bonds. The largest absolute Gasteiger partial charge is 0.480 e. The molecular formula is C21H37N5O6. The highest BCUT2D eigenvalue weighted by Crippen LogP contribution is 2.20. The average Bonchev–Trinajstić information content (AvgIpc) is 3.22. The number of nitrogens with one attached hydrogen (secondary N) is 2. The van der Waals surface area contributed by atoms with Gasteiger partial charge in [-0.05, 0) is 31.1 Å². The number of carbonyl (C=O) groups excluding carboxylic acids is 4. The highest BCUT2D eigenvalue weighted by atomic mass is 16.4. The molecule has 0 radical (unpaired) electrons. The van der Waals surface area contributed by atoms with E-state index in [0.29, 0.717) is 25.8 Å². The first-order chi connectivity index (χ1) is 14.9. The summed E-state index contributed by atoms with van der Waals surface area (Å²) in [6.45, 7) is 7.44. The zero-order valence-corrected chi connectivity index (χ0v) is 19.3. The number of carbonyl (C=O) groups is 5. The van der Waals surface area contributed by atoms with Gasteiger partial charge >= 0.3 is 5.97 Å². The Balaban J connectivity index is 3.00. The number of primary amides is 1. The van der Waals surface area contributed by atoms with E-state index in [1.165, 1.54) is 4.90 Å². The minimum absolute atomic E-state index is 0.0550. The van der Waals surface area contributed by atoms with Crippen LogP contribution in [-0.2, 0) is 24.0 Å². The molecule has 1 fully saturated rings. The van der Waals surface area contributed by atoms with Crippen LogP contribution in [0.5, 0.6) is 0 Å². The lowest BCUT2D eigenvalue weighted by Crippen LogP contribution is -2.59. The first kappa shape index (κ1) is 27.3. The molecule has 5 unspecified atom stereocenters. The first-order valence-corrected chi connectivity index (χ1v) is 11.1. The second-order valence-corrected chi connectivity index (χ2v) is 8.74. The zero-order valence-electron chi connectivity index (χ0n) is 19.3. The summed E-state index contributed by atoms with van der Waals surface area (Å²) >= 11 is 0. The van der Waals surface area contributed by atoms with Gasteiger partial charge in [0.25, 0.3) is 0 Å². The van der Waals surface area contributed by atoms with Crippen LogP contribution in [0.3, 0.4) is 0 Å². The van der Waals surface area contributed by atoms with Crippen molar-refractivity contribution in [1.29, 1.82) is 0 Å². The molecule has 182 valence electrons. The van der Waals surface area contributed by atoms with Crippen molar-refractivity contribution < 1.29 is 29.1 Å². The smallest absolute Gasteiger partial charge is 0.326 e. The maximum atomic E-state index is 13.1. The van der Waals surface area contributed by atoms with Crippen LogP contribution in [0.2, 0.25) is 0 Å². The minimum Gasteiger partial charge on any atom is -0.480 e. The molecule has 11 nitrogen and oxygen atoms in total. The third-order valence-corrected chi connectivity index (χ3v) is 5.92. The number of carboxylic acids is 1. The van der Waals surface area contributed by atoms with Gasteiger partial charge < -0.3 is 32.1 Å². The van der Waals surface area contributed by atoms with Crippen LogP contribution in [0.25, 0.3) is 0 Å². The lowest BCUT2D eigenvalue weighted by atomic mass is 9.98. The number of hydrogen-bond acceptors (Lipinski definition) is 6. The normalized spacial score (nSPS) is 19.7. The molecule has 0 aliphatic carbocycles. The molecule has 1 rings (SSSR count). The Morgan fingerprint density at radius 3 is 2.22 bits per heavy atom. The summed E-state index contributed by atoms with van der Waals surface area (Å²) in [5.74, 6) is -3.87. The summed E-state index contributed by atoms with van der Waals surface area (Å²) < 4.78 is 0. The van der Waals surface area contributed by atoms with Gasteiger partial charge in [-0.3, -0.25) is 19.2 Å². The highest BCUT2D eigenvalue weighted by Gasteiger charge is 2.39.